The highest BCUT2D eigenvalue weighted by Gasteiger charge is 2.32. The van der Waals surface area contributed by atoms with Crippen LogP contribution in [0.5, 0.6) is 0 Å². The summed E-state index contributed by atoms with van der Waals surface area (Å²) in [4.78, 5) is 17.2. The van der Waals surface area contributed by atoms with Crippen LogP contribution in [0.15, 0.2) is 71.9 Å². The van der Waals surface area contributed by atoms with Gasteiger partial charge in [0.2, 0.25) is 0 Å². The van der Waals surface area contributed by atoms with E-state index in [9.17, 15) is 18.3 Å². The molecule has 0 atom stereocenters. The van der Waals surface area contributed by atoms with E-state index >= 15 is 0 Å². The van der Waals surface area contributed by atoms with Crippen molar-refractivity contribution in [2.75, 3.05) is 0 Å². The summed E-state index contributed by atoms with van der Waals surface area (Å²) in [6.45, 7) is 1.98. The lowest BCUT2D eigenvalue weighted by atomic mass is 9.99. The zero-order valence-corrected chi connectivity index (χ0v) is 20.1. The standard InChI is InChI=1S/C26H22N2O4S2/c1-16-23(14-28-33-16)18-7-9-21(24-4-2-3-11-27-24)20(12-18)15-34(31,32)25-13-19(26(29)30)8-10-22(25)17-5-6-17/h2-4,7-14,17H,5-6,15H2,1H3,(H,29,30). The van der Waals surface area contributed by atoms with E-state index in [-0.39, 0.29) is 22.1 Å². The molecule has 1 aliphatic rings. The number of benzene rings is 2. The molecule has 0 aliphatic heterocycles. The summed E-state index contributed by atoms with van der Waals surface area (Å²) in [7, 11) is -3.84. The van der Waals surface area contributed by atoms with Gasteiger partial charge in [-0.25, -0.2) is 17.6 Å². The number of nitrogens with zero attached hydrogens (tertiary/aromatic N) is 2. The largest absolute Gasteiger partial charge is 0.478 e. The summed E-state index contributed by atoms with van der Waals surface area (Å²) in [5.41, 5.74) is 4.56. The Bertz CT molecular complexity index is 1490. The molecule has 0 amide bonds. The van der Waals surface area contributed by atoms with Crippen LogP contribution in [-0.2, 0) is 15.6 Å². The molecular weight excluding hydrogens is 468 g/mol. The maximum atomic E-state index is 13.8. The van der Waals surface area contributed by atoms with Crippen molar-refractivity contribution in [1.29, 1.82) is 0 Å². The van der Waals surface area contributed by atoms with Crippen LogP contribution in [0, 0.1) is 6.92 Å². The number of rotatable bonds is 7. The molecule has 0 saturated heterocycles. The summed E-state index contributed by atoms with van der Waals surface area (Å²) in [6.07, 6.45) is 5.29. The Balaban J connectivity index is 1.64. The first kappa shape index (κ1) is 22.4. The van der Waals surface area contributed by atoms with Gasteiger partial charge in [0.1, 0.15) is 0 Å². The second kappa shape index (κ2) is 8.77. The fraction of sp³-hybridized carbons (Fsp3) is 0.192. The number of carboxylic acid groups (broad SMARTS) is 1. The maximum Gasteiger partial charge on any atom is 0.335 e. The SMILES string of the molecule is Cc1sncc1-c1ccc(-c2ccccn2)c(CS(=O)(=O)c2cc(C(=O)O)ccc2C2CC2)c1. The molecule has 2 aromatic carbocycles. The molecule has 2 heterocycles. The van der Waals surface area contributed by atoms with Gasteiger partial charge >= 0.3 is 5.97 Å². The summed E-state index contributed by atoms with van der Waals surface area (Å²) >= 11 is 1.40. The van der Waals surface area contributed by atoms with Gasteiger partial charge in [0, 0.05) is 28.4 Å². The van der Waals surface area contributed by atoms with Crippen molar-refractivity contribution in [3.8, 4) is 22.4 Å². The highest BCUT2D eigenvalue weighted by molar-refractivity contribution is 7.90. The molecule has 0 spiro atoms. The molecule has 8 heteroatoms. The van der Waals surface area contributed by atoms with Crippen LogP contribution in [0.25, 0.3) is 22.4 Å². The van der Waals surface area contributed by atoms with Crippen molar-refractivity contribution in [3.05, 3.63) is 88.6 Å². The average Bonchev–Trinajstić information content (AvgIpc) is 3.59. The Morgan fingerprint density at radius 2 is 1.91 bits per heavy atom. The van der Waals surface area contributed by atoms with E-state index in [1.807, 2.05) is 43.3 Å². The van der Waals surface area contributed by atoms with Crippen LogP contribution >= 0.6 is 11.5 Å². The van der Waals surface area contributed by atoms with Crippen LogP contribution in [0.1, 0.15) is 45.1 Å². The van der Waals surface area contributed by atoms with Crippen LogP contribution in [-0.4, -0.2) is 28.9 Å². The number of hydrogen-bond acceptors (Lipinski definition) is 6. The number of aromatic carboxylic acids is 1. The molecule has 34 heavy (non-hydrogen) atoms. The number of pyridine rings is 1. The number of hydrogen-bond donors (Lipinski definition) is 1. The first-order valence-electron chi connectivity index (χ1n) is 10.9. The Morgan fingerprint density at radius 1 is 1.09 bits per heavy atom. The highest BCUT2D eigenvalue weighted by atomic mass is 32.2. The molecule has 2 aromatic heterocycles. The van der Waals surface area contributed by atoms with Crippen molar-refractivity contribution in [3.63, 3.8) is 0 Å². The predicted octanol–water partition coefficient (Wildman–Crippen LogP) is 5.73. The zero-order chi connectivity index (χ0) is 23.9. The molecule has 0 bridgehead atoms. The van der Waals surface area contributed by atoms with Crippen LogP contribution in [0.3, 0.4) is 0 Å². The first-order valence-corrected chi connectivity index (χ1v) is 13.3. The van der Waals surface area contributed by atoms with E-state index in [1.54, 1.807) is 18.5 Å². The zero-order valence-electron chi connectivity index (χ0n) is 18.4. The summed E-state index contributed by atoms with van der Waals surface area (Å²) < 4.78 is 31.8. The fourth-order valence-electron chi connectivity index (χ4n) is 4.18. The minimum atomic E-state index is -3.84. The van der Waals surface area contributed by atoms with Crippen LogP contribution in [0.2, 0.25) is 0 Å². The Morgan fingerprint density at radius 3 is 2.56 bits per heavy atom. The van der Waals surface area contributed by atoms with E-state index in [1.165, 1.54) is 23.7 Å². The van der Waals surface area contributed by atoms with Crippen molar-refractivity contribution in [1.82, 2.24) is 9.36 Å². The second-order valence-corrected chi connectivity index (χ2v) is 11.4. The predicted molar refractivity (Wildman–Crippen MR) is 132 cm³/mol. The molecule has 0 radical (unpaired) electrons. The second-order valence-electron chi connectivity index (χ2n) is 8.47. The number of carbonyl (C=O) groups is 1. The van der Waals surface area contributed by atoms with E-state index in [0.717, 1.165) is 34.4 Å². The van der Waals surface area contributed by atoms with Gasteiger partial charge < -0.3 is 5.11 Å². The normalized spacial score (nSPS) is 13.7. The molecule has 1 N–H and O–H groups in total. The van der Waals surface area contributed by atoms with Gasteiger partial charge in [-0.3, -0.25) is 4.98 Å². The molecule has 6 nitrogen and oxygen atoms in total. The fourth-order valence-corrected chi connectivity index (χ4v) is 6.47. The highest BCUT2D eigenvalue weighted by Crippen LogP contribution is 2.44. The Labute approximate surface area is 202 Å². The molecule has 1 aliphatic carbocycles. The summed E-state index contributed by atoms with van der Waals surface area (Å²) in [5, 5.41) is 9.46. The Kier molecular flexibility index (Phi) is 5.79. The van der Waals surface area contributed by atoms with Crippen LogP contribution < -0.4 is 0 Å². The van der Waals surface area contributed by atoms with Crippen molar-refractivity contribution >= 4 is 27.3 Å². The van der Waals surface area contributed by atoms with Gasteiger partial charge in [0.15, 0.2) is 9.84 Å². The number of sulfone groups is 1. The van der Waals surface area contributed by atoms with Gasteiger partial charge in [0.05, 0.1) is 21.9 Å². The molecule has 172 valence electrons. The molecule has 4 aromatic rings. The van der Waals surface area contributed by atoms with Crippen molar-refractivity contribution in [2.45, 2.75) is 36.3 Å². The minimum Gasteiger partial charge on any atom is -0.478 e. The molecule has 0 unspecified atom stereocenters. The summed E-state index contributed by atoms with van der Waals surface area (Å²) in [5.74, 6) is -1.24. The van der Waals surface area contributed by atoms with Gasteiger partial charge in [-0.05, 0) is 84.2 Å². The number of aryl methyl sites for hydroxylation is 1. The molecular formula is C26H22N2O4S2. The lowest BCUT2D eigenvalue weighted by Gasteiger charge is -2.15. The summed E-state index contributed by atoms with van der Waals surface area (Å²) in [6, 6.07) is 15.7. The van der Waals surface area contributed by atoms with Crippen LogP contribution in [0.4, 0.5) is 0 Å². The number of carboxylic acids is 1. The van der Waals surface area contributed by atoms with E-state index in [0.29, 0.717) is 16.8 Å². The Hall–Kier alpha value is -3.36. The first-order chi connectivity index (χ1) is 16.3. The monoisotopic (exact) mass is 490 g/mol. The van der Waals surface area contributed by atoms with E-state index in [2.05, 4.69) is 9.36 Å². The smallest absolute Gasteiger partial charge is 0.335 e. The molecule has 1 saturated carbocycles. The van der Waals surface area contributed by atoms with Crippen molar-refractivity contribution in [2.24, 2.45) is 0 Å². The minimum absolute atomic E-state index is 0.0263. The van der Waals surface area contributed by atoms with Gasteiger partial charge in [0.25, 0.3) is 0 Å². The third-order valence-electron chi connectivity index (χ3n) is 6.07. The molecule has 5 rings (SSSR count). The van der Waals surface area contributed by atoms with E-state index < -0.39 is 15.8 Å². The lowest BCUT2D eigenvalue weighted by Crippen LogP contribution is -2.11. The third kappa shape index (κ3) is 4.38. The lowest BCUT2D eigenvalue weighted by molar-refractivity contribution is 0.0696. The quantitative estimate of drug-likeness (QED) is 0.355. The van der Waals surface area contributed by atoms with Gasteiger partial charge in [-0.2, -0.15) is 0 Å². The number of aromatic nitrogens is 2. The molecule has 1 fully saturated rings. The van der Waals surface area contributed by atoms with Crippen molar-refractivity contribution < 1.29 is 18.3 Å². The maximum absolute atomic E-state index is 13.8. The van der Waals surface area contributed by atoms with Gasteiger partial charge in [-0.15, -0.1) is 0 Å². The van der Waals surface area contributed by atoms with Gasteiger partial charge in [-0.1, -0.05) is 24.3 Å². The van der Waals surface area contributed by atoms with E-state index in [4.69, 9.17) is 0 Å². The third-order valence-corrected chi connectivity index (χ3v) is 8.49. The topological polar surface area (TPSA) is 97.2 Å². The average molecular weight is 491 g/mol.